The molecule has 0 unspecified atom stereocenters. The molecule has 0 aromatic heterocycles. The fourth-order valence-electron chi connectivity index (χ4n) is 0.896. The molecule has 6 heteroatoms. The maximum atomic E-state index is 11.5. The maximum absolute atomic E-state index is 11.5. The Morgan fingerprint density at radius 3 is 2.47 bits per heavy atom. The molecule has 0 heterocycles. The average molecular weight is 250 g/mol. The molecule has 4 N–H and O–H groups in total. The number of alkyl carbamates (subject to hydrolysis) is 1. The van der Waals surface area contributed by atoms with Crippen LogP contribution in [0.1, 0.15) is 45.4 Å². The molecule has 0 radical (unpaired) electrons. The van der Waals surface area contributed by atoms with Crippen molar-refractivity contribution < 1.29 is 24.9 Å². The number of aliphatic carboxylic acids is 1. The summed E-state index contributed by atoms with van der Waals surface area (Å²) in [6.07, 6.45) is -6.74. The van der Waals surface area contributed by atoms with Crippen molar-refractivity contribution >= 4 is 12.1 Å². The summed E-state index contributed by atoms with van der Waals surface area (Å²) in [4.78, 5) is 22.6. The average Bonchev–Trinajstić information content (AvgIpc) is 2.24. The number of carbonyl (C=O) groups excluding carboxylic acids is 1. The summed E-state index contributed by atoms with van der Waals surface area (Å²) in [5.41, 5.74) is 4.32. The van der Waals surface area contributed by atoms with Crippen molar-refractivity contribution in [2.75, 3.05) is 6.54 Å². The van der Waals surface area contributed by atoms with Gasteiger partial charge in [-0.3, -0.25) is 0 Å². The molecule has 100 valence electrons. The lowest BCUT2D eigenvalue weighted by Gasteiger charge is -2.21. The number of ether oxygens (including phenoxy) is 1. The van der Waals surface area contributed by atoms with E-state index in [0.717, 1.165) is 0 Å². The van der Waals surface area contributed by atoms with E-state index in [-0.39, 0.29) is 0 Å². The summed E-state index contributed by atoms with van der Waals surface area (Å²) in [6.45, 7) is 4.16. The number of carbonyl (C=O) groups is 2. The van der Waals surface area contributed by atoms with Gasteiger partial charge < -0.3 is 20.9 Å². The molecule has 1 atom stereocenters. The molecule has 0 spiro atoms. The van der Waals surface area contributed by atoms with E-state index >= 15 is 0 Å². The molecule has 0 aromatic rings. The number of hydrogen-bond acceptors (Lipinski definition) is 4. The smallest absolute Gasteiger partial charge is 0.408 e. The predicted molar refractivity (Wildman–Crippen MR) is 63.7 cm³/mol. The van der Waals surface area contributed by atoms with Crippen molar-refractivity contribution in [3.63, 3.8) is 0 Å². The monoisotopic (exact) mass is 250 g/mol. The van der Waals surface area contributed by atoms with Crippen LogP contribution in [0.15, 0.2) is 0 Å². The topological polar surface area (TPSA) is 102 Å². The second kappa shape index (κ2) is 7.11. The number of nitrogens with one attached hydrogen (secondary N) is 1. The SMILES string of the molecule is [2H]C([2H])(CN)C([2H])([2H])C[C@H](NC(=O)OC(C)(C)C)C(=O)O. The molecule has 0 aliphatic rings. The van der Waals surface area contributed by atoms with Gasteiger partial charge in [0.15, 0.2) is 0 Å². The Balaban J connectivity index is 4.95. The van der Waals surface area contributed by atoms with Gasteiger partial charge in [0, 0.05) is 5.48 Å². The molecule has 17 heavy (non-hydrogen) atoms. The molecule has 0 saturated carbocycles. The second-order valence-electron chi connectivity index (χ2n) is 4.30. The first-order chi connectivity index (χ1) is 9.22. The predicted octanol–water partition coefficient (Wildman–Crippen LogP) is 1.09. The van der Waals surface area contributed by atoms with Crippen molar-refractivity contribution in [3.8, 4) is 0 Å². The molecular formula is C11H22N2O4. The van der Waals surface area contributed by atoms with Gasteiger partial charge in [0.2, 0.25) is 0 Å². The van der Waals surface area contributed by atoms with Gasteiger partial charge in [-0.25, -0.2) is 9.59 Å². The summed E-state index contributed by atoms with van der Waals surface area (Å²) >= 11 is 0. The Bertz CT molecular complexity index is 396. The first-order valence-electron chi connectivity index (χ1n) is 7.14. The van der Waals surface area contributed by atoms with Crippen LogP contribution in [-0.2, 0) is 9.53 Å². The summed E-state index contributed by atoms with van der Waals surface area (Å²) in [5, 5.41) is 11.0. The molecule has 0 saturated heterocycles. The maximum Gasteiger partial charge on any atom is 0.408 e. The van der Waals surface area contributed by atoms with E-state index in [1.54, 1.807) is 20.8 Å². The van der Waals surface area contributed by atoms with Crippen molar-refractivity contribution in [2.24, 2.45) is 5.73 Å². The van der Waals surface area contributed by atoms with Gasteiger partial charge >= 0.3 is 12.1 Å². The Kier molecular flexibility index (Phi) is 4.06. The Morgan fingerprint density at radius 2 is 2.06 bits per heavy atom. The molecule has 0 aliphatic carbocycles. The zero-order chi connectivity index (χ0) is 17.1. The largest absolute Gasteiger partial charge is 0.480 e. The fraction of sp³-hybridized carbons (Fsp3) is 0.818. The van der Waals surface area contributed by atoms with Crippen molar-refractivity contribution in [1.29, 1.82) is 0 Å². The summed E-state index contributed by atoms with van der Waals surface area (Å²) < 4.78 is 35.1. The van der Waals surface area contributed by atoms with Gasteiger partial charge in [0.05, 0.1) is 0 Å². The van der Waals surface area contributed by atoms with E-state index in [2.05, 4.69) is 0 Å². The third-order valence-electron chi connectivity index (χ3n) is 1.52. The first kappa shape index (κ1) is 9.70. The lowest BCUT2D eigenvalue weighted by atomic mass is 10.1. The van der Waals surface area contributed by atoms with Crippen molar-refractivity contribution in [1.82, 2.24) is 5.32 Å². The molecular weight excluding hydrogens is 224 g/mol. The quantitative estimate of drug-likeness (QED) is 0.655. The van der Waals surface area contributed by atoms with Crippen LogP contribution in [0, 0.1) is 0 Å². The summed E-state index contributed by atoms with van der Waals surface area (Å²) in [7, 11) is 0. The van der Waals surface area contributed by atoms with Gasteiger partial charge in [-0.05, 0) is 46.5 Å². The normalized spacial score (nSPS) is 18.1. The van der Waals surface area contributed by atoms with Crippen LogP contribution in [0.2, 0.25) is 0 Å². The van der Waals surface area contributed by atoms with Crippen LogP contribution in [-0.4, -0.2) is 35.4 Å². The highest BCUT2D eigenvalue weighted by Gasteiger charge is 2.23. The van der Waals surface area contributed by atoms with Crippen molar-refractivity contribution in [2.45, 2.75) is 51.6 Å². The Morgan fingerprint density at radius 1 is 1.47 bits per heavy atom. The van der Waals surface area contributed by atoms with E-state index < -0.39 is 49.4 Å². The van der Waals surface area contributed by atoms with Crippen LogP contribution >= 0.6 is 0 Å². The van der Waals surface area contributed by atoms with Crippen LogP contribution in [0.3, 0.4) is 0 Å². The minimum Gasteiger partial charge on any atom is -0.480 e. The van der Waals surface area contributed by atoms with E-state index in [0.29, 0.717) is 0 Å². The number of nitrogens with two attached hydrogens (primary N) is 1. The van der Waals surface area contributed by atoms with Gasteiger partial charge in [0.1, 0.15) is 11.6 Å². The zero-order valence-corrected chi connectivity index (χ0v) is 10.2. The third-order valence-corrected chi connectivity index (χ3v) is 1.52. The Hall–Kier alpha value is -1.30. The lowest BCUT2D eigenvalue weighted by Crippen LogP contribution is -2.43. The molecule has 6 nitrogen and oxygen atoms in total. The van der Waals surface area contributed by atoms with E-state index in [1.165, 1.54) is 0 Å². The highest BCUT2D eigenvalue weighted by atomic mass is 16.6. The number of hydrogen-bond donors (Lipinski definition) is 3. The molecule has 0 aliphatic heterocycles. The van der Waals surface area contributed by atoms with Crippen LogP contribution < -0.4 is 11.1 Å². The van der Waals surface area contributed by atoms with Crippen LogP contribution in [0.25, 0.3) is 0 Å². The van der Waals surface area contributed by atoms with Gasteiger partial charge in [-0.15, -0.1) is 0 Å². The zero-order valence-electron chi connectivity index (χ0n) is 14.2. The molecule has 0 fully saturated rings. The summed E-state index contributed by atoms with van der Waals surface area (Å²) in [6, 6.07) is -1.63. The first-order valence-corrected chi connectivity index (χ1v) is 5.14. The number of amides is 1. The van der Waals surface area contributed by atoms with E-state index in [1.807, 2.05) is 5.32 Å². The summed E-state index contributed by atoms with van der Waals surface area (Å²) in [5.74, 6) is -1.49. The van der Waals surface area contributed by atoms with E-state index in [4.69, 9.17) is 21.1 Å². The van der Waals surface area contributed by atoms with Gasteiger partial charge in [-0.2, -0.15) is 0 Å². The van der Waals surface area contributed by atoms with Crippen LogP contribution in [0.5, 0.6) is 0 Å². The standard InChI is InChI=1S/C11H22N2O4/c1-11(2,3)17-10(16)13-8(9(14)15)6-4-5-7-12/h8H,4-7,12H2,1-3H3,(H,13,16)(H,14,15)/t8-/m0/s1/i4D2,5D2. The fourth-order valence-corrected chi connectivity index (χ4v) is 0.896. The molecule has 0 bridgehead atoms. The lowest BCUT2D eigenvalue weighted by molar-refractivity contribution is -0.139. The molecule has 0 aromatic carbocycles. The highest BCUT2D eigenvalue weighted by Crippen LogP contribution is 2.08. The molecule has 0 rings (SSSR count). The second-order valence-corrected chi connectivity index (χ2v) is 4.30. The van der Waals surface area contributed by atoms with Crippen LogP contribution in [0.4, 0.5) is 4.79 Å². The Labute approximate surface area is 107 Å². The van der Waals surface area contributed by atoms with Gasteiger partial charge in [0.25, 0.3) is 0 Å². The number of rotatable bonds is 6. The van der Waals surface area contributed by atoms with Crippen molar-refractivity contribution in [3.05, 3.63) is 0 Å². The van der Waals surface area contributed by atoms with Gasteiger partial charge in [-0.1, -0.05) is 0 Å². The molecule has 1 amide bonds. The minimum atomic E-state index is -2.53. The number of carboxylic acid groups (broad SMARTS) is 1. The number of carboxylic acids is 1. The van der Waals surface area contributed by atoms with E-state index in [9.17, 15) is 9.59 Å². The minimum absolute atomic E-state index is 0.612. The highest BCUT2D eigenvalue weighted by molar-refractivity contribution is 5.79. The third kappa shape index (κ3) is 8.50.